The van der Waals surface area contributed by atoms with Crippen molar-refractivity contribution in [1.82, 2.24) is 9.80 Å². The molecule has 1 saturated heterocycles. The molecule has 1 aliphatic rings. The van der Waals surface area contributed by atoms with Crippen LogP contribution in [0.15, 0.2) is 15.9 Å². The smallest absolute Gasteiger partial charge is 0.265 e. The third-order valence-corrected chi connectivity index (χ3v) is 5.64. The van der Waals surface area contributed by atoms with Crippen molar-refractivity contribution in [2.45, 2.75) is 32.7 Å². The molecule has 1 aliphatic heterocycles. The van der Waals surface area contributed by atoms with Crippen LogP contribution in [0, 0.1) is 0 Å². The van der Waals surface area contributed by atoms with E-state index in [9.17, 15) is 4.79 Å². The van der Waals surface area contributed by atoms with Gasteiger partial charge in [-0.25, -0.2) is 0 Å². The van der Waals surface area contributed by atoms with Crippen molar-refractivity contribution < 1.29 is 4.79 Å². The van der Waals surface area contributed by atoms with Gasteiger partial charge in [0.15, 0.2) is 0 Å². The molecule has 3 nitrogen and oxygen atoms in total. The zero-order valence-electron chi connectivity index (χ0n) is 11.6. The number of likely N-dealkylation sites (tertiary alicyclic amines) is 1. The molecule has 2 heterocycles. The minimum atomic E-state index is 0.160. The molecule has 1 unspecified atom stereocenters. The molecular formula is C14H21BrN2OS. The van der Waals surface area contributed by atoms with Crippen molar-refractivity contribution in [2.24, 2.45) is 0 Å². The Morgan fingerprint density at radius 3 is 2.95 bits per heavy atom. The highest BCUT2D eigenvalue weighted by Gasteiger charge is 2.27. The van der Waals surface area contributed by atoms with Crippen LogP contribution in [-0.2, 0) is 0 Å². The van der Waals surface area contributed by atoms with Crippen molar-refractivity contribution in [3.63, 3.8) is 0 Å². The minimum Gasteiger partial charge on any atom is -0.337 e. The molecule has 106 valence electrons. The average Bonchev–Trinajstić information content (AvgIpc) is 3.03. The summed E-state index contributed by atoms with van der Waals surface area (Å²) in [7, 11) is 0. The summed E-state index contributed by atoms with van der Waals surface area (Å²) in [5.74, 6) is 0.160. The molecule has 0 N–H and O–H groups in total. The molecule has 1 atom stereocenters. The molecule has 0 bridgehead atoms. The summed E-state index contributed by atoms with van der Waals surface area (Å²) in [6.07, 6.45) is 2.47. The first-order chi connectivity index (χ1) is 9.17. The third-order valence-electron chi connectivity index (χ3n) is 3.82. The lowest BCUT2D eigenvalue weighted by Crippen LogP contribution is -2.42. The van der Waals surface area contributed by atoms with Gasteiger partial charge in [0.25, 0.3) is 5.91 Å². The van der Waals surface area contributed by atoms with Crippen molar-refractivity contribution in [3.05, 3.63) is 20.8 Å². The fourth-order valence-electron chi connectivity index (χ4n) is 2.72. The van der Waals surface area contributed by atoms with Gasteiger partial charge in [-0.2, -0.15) is 0 Å². The van der Waals surface area contributed by atoms with Gasteiger partial charge in [-0.1, -0.05) is 6.92 Å². The number of halogens is 1. The Kier molecular flexibility index (Phi) is 5.42. The predicted molar refractivity (Wildman–Crippen MR) is 83.9 cm³/mol. The fraction of sp³-hybridized carbons (Fsp3) is 0.643. The Bertz CT molecular complexity index is 435. The third kappa shape index (κ3) is 3.38. The van der Waals surface area contributed by atoms with Gasteiger partial charge < -0.3 is 4.90 Å². The molecule has 0 aliphatic carbocycles. The average molecular weight is 345 g/mol. The van der Waals surface area contributed by atoms with Gasteiger partial charge in [0.1, 0.15) is 4.88 Å². The highest BCUT2D eigenvalue weighted by molar-refractivity contribution is 9.10. The topological polar surface area (TPSA) is 23.6 Å². The Morgan fingerprint density at radius 2 is 2.37 bits per heavy atom. The van der Waals surface area contributed by atoms with Gasteiger partial charge in [0, 0.05) is 23.6 Å². The standard InChI is InChI=1S/C14H21BrN2OS/c1-3-16-8-5-6-11(16)10-17(4-2)14(18)13-12(15)7-9-19-13/h7,9,11H,3-6,8,10H2,1-2H3. The van der Waals surface area contributed by atoms with Crippen molar-refractivity contribution >= 4 is 33.2 Å². The number of nitrogens with zero attached hydrogens (tertiary/aromatic N) is 2. The van der Waals surface area contributed by atoms with Crippen molar-refractivity contribution in [1.29, 1.82) is 0 Å². The minimum absolute atomic E-state index is 0.160. The number of rotatable bonds is 5. The lowest BCUT2D eigenvalue weighted by Gasteiger charge is -2.29. The maximum atomic E-state index is 12.5. The Morgan fingerprint density at radius 1 is 1.58 bits per heavy atom. The molecular weight excluding hydrogens is 324 g/mol. The second-order valence-electron chi connectivity index (χ2n) is 4.87. The van der Waals surface area contributed by atoms with Gasteiger partial charge in [0.05, 0.1) is 0 Å². The van der Waals surface area contributed by atoms with E-state index in [2.05, 4.69) is 34.7 Å². The first-order valence-corrected chi connectivity index (χ1v) is 8.61. The van der Waals surface area contributed by atoms with Crippen LogP contribution in [0.25, 0.3) is 0 Å². The number of thiophene rings is 1. The van der Waals surface area contributed by atoms with Gasteiger partial charge >= 0.3 is 0 Å². The van der Waals surface area contributed by atoms with Crippen LogP contribution in [0.2, 0.25) is 0 Å². The number of hydrogen-bond acceptors (Lipinski definition) is 3. The Labute approximate surface area is 127 Å². The number of carbonyl (C=O) groups is 1. The summed E-state index contributed by atoms with van der Waals surface area (Å²) in [6.45, 7) is 8.15. The molecule has 2 rings (SSSR count). The van der Waals surface area contributed by atoms with Crippen LogP contribution >= 0.6 is 27.3 Å². The molecule has 0 spiro atoms. The van der Waals surface area contributed by atoms with Crippen LogP contribution in [0.5, 0.6) is 0 Å². The quantitative estimate of drug-likeness (QED) is 0.816. The summed E-state index contributed by atoms with van der Waals surface area (Å²) < 4.78 is 0.916. The molecule has 1 aromatic rings. The van der Waals surface area contributed by atoms with Gasteiger partial charge in [-0.3, -0.25) is 9.69 Å². The summed E-state index contributed by atoms with van der Waals surface area (Å²) in [6, 6.07) is 2.48. The zero-order chi connectivity index (χ0) is 13.8. The largest absolute Gasteiger partial charge is 0.337 e. The normalized spacial score (nSPS) is 19.8. The van der Waals surface area contributed by atoms with E-state index in [0.717, 1.165) is 29.0 Å². The predicted octanol–water partition coefficient (Wildman–Crippen LogP) is 3.46. The van der Waals surface area contributed by atoms with E-state index in [1.54, 1.807) is 0 Å². The lowest BCUT2D eigenvalue weighted by molar-refractivity contribution is 0.0721. The molecule has 19 heavy (non-hydrogen) atoms. The van der Waals surface area contributed by atoms with E-state index in [4.69, 9.17) is 0 Å². The van der Waals surface area contributed by atoms with Crippen LogP contribution in [0.4, 0.5) is 0 Å². The van der Waals surface area contributed by atoms with Gasteiger partial charge in [0.2, 0.25) is 0 Å². The van der Waals surface area contributed by atoms with Crippen LogP contribution in [-0.4, -0.2) is 47.9 Å². The van der Waals surface area contributed by atoms with E-state index in [1.165, 1.54) is 30.7 Å². The molecule has 5 heteroatoms. The monoisotopic (exact) mass is 344 g/mol. The van der Waals surface area contributed by atoms with Gasteiger partial charge in [-0.05, 0) is 60.2 Å². The van der Waals surface area contributed by atoms with Crippen LogP contribution in [0.1, 0.15) is 36.4 Å². The Balaban J connectivity index is 2.04. The number of amides is 1. The number of carbonyl (C=O) groups excluding carboxylic acids is 1. The molecule has 0 radical (unpaired) electrons. The second-order valence-corrected chi connectivity index (χ2v) is 6.64. The molecule has 1 fully saturated rings. The summed E-state index contributed by atoms with van der Waals surface area (Å²) in [4.78, 5) is 17.8. The zero-order valence-corrected chi connectivity index (χ0v) is 14.0. The lowest BCUT2D eigenvalue weighted by atomic mass is 10.2. The van der Waals surface area contributed by atoms with E-state index in [-0.39, 0.29) is 5.91 Å². The summed E-state index contributed by atoms with van der Waals surface area (Å²) >= 11 is 4.97. The molecule has 0 aromatic carbocycles. The second kappa shape index (κ2) is 6.86. The van der Waals surface area contributed by atoms with Crippen LogP contribution in [0.3, 0.4) is 0 Å². The van der Waals surface area contributed by atoms with Crippen molar-refractivity contribution in [2.75, 3.05) is 26.2 Å². The van der Waals surface area contributed by atoms with Crippen LogP contribution < -0.4 is 0 Å². The Hall–Kier alpha value is -0.390. The number of hydrogen-bond donors (Lipinski definition) is 0. The summed E-state index contributed by atoms with van der Waals surface area (Å²) in [5, 5.41) is 1.96. The molecule has 1 amide bonds. The van der Waals surface area contributed by atoms with E-state index in [0.29, 0.717) is 6.04 Å². The highest BCUT2D eigenvalue weighted by atomic mass is 79.9. The highest BCUT2D eigenvalue weighted by Crippen LogP contribution is 2.25. The maximum Gasteiger partial charge on any atom is 0.265 e. The summed E-state index contributed by atoms with van der Waals surface area (Å²) in [5.41, 5.74) is 0. The van der Waals surface area contributed by atoms with E-state index in [1.807, 2.05) is 16.3 Å². The first kappa shape index (κ1) is 15.0. The number of likely N-dealkylation sites (N-methyl/N-ethyl adjacent to an activating group) is 2. The fourth-order valence-corrected chi connectivity index (χ4v) is 4.23. The van der Waals surface area contributed by atoms with Crippen molar-refractivity contribution in [3.8, 4) is 0 Å². The first-order valence-electron chi connectivity index (χ1n) is 6.93. The SMILES string of the molecule is CCN(CC1CCCN1CC)C(=O)c1sccc1Br. The van der Waals surface area contributed by atoms with E-state index >= 15 is 0 Å². The maximum absolute atomic E-state index is 12.5. The molecule has 0 saturated carbocycles. The molecule has 1 aromatic heterocycles. The van der Waals surface area contributed by atoms with E-state index < -0.39 is 0 Å². The van der Waals surface area contributed by atoms with Gasteiger partial charge in [-0.15, -0.1) is 11.3 Å².